The molecule has 2 aliphatic rings. The fourth-order valence-corrected chi connectivity index (χ4v) is 3.32. The number of carbonyl (C=O) groups excluding carboxylic acids is 1. The molecule has 1 fully saturated rings. The van der Waals surface area contributed by atoms with Crippen LogP contribution < -0.4 is 0 Å². The molecule has 0 saturated carbocycles. The lowest BCUT2D eigenvalue weighted by Crippen LogP contribution is -2.33. The van der Waals surface area contributed by atoms with Gasteiger partial charge in [0.25, 0.3) is 0 Å². The van der Waals surface area contributed by atoms with Crippen molar-refractivity contribution < 1.29 is 18.3 Å². The molecule has 5 heteroatoms. The Kier molecular flexibility index (Phi) is 7.92. The van der Waals surface area contributed by atoms with E-state index in [2.05, 4.69) is 13.2 Å². The second kappa shape index (κ2) is 10.2. The van der Waals surface area contributed by atoms with Crippen molar-refractivity contribution in [2.45, 2.75) is 44.5 Å². The van der Waals surface area contributed by atoms with Crippen LogP contribution in [0.2, 0.25) is 0 Å². The third-order valence-electron chi connectivity index (χ3n) is 4.87. The summed E-state index contributed by atoms with van der Waals surface area (Å²) in [7, 11) is 0. The maximum atomic E-state index is 13.0. The molecule has 0 radical (unpaired) electrons. The minimum atomic E-state index is -0.703. The van der Waals surface area contributed by atoms with Crippen LogP contribution in [0.3, 0.4) is 0 Å². The number of benzene rings is 1. The van der Waals surface area contributed by atoms with E-state index in [0.717, 1.165) is 36.0 Å². The molecule has 3 nitrogen and oxygen atoms in total. The summed E-state index contributed by atoms with van der Waals surface area (Å²) in [5.74, 6) is -0.287. The van der Waals surface area contributed by atoms with Gasteiger partial charge in [-0.05, 0) is 55.0 Å². The molecule has 1 amide bonds. The summed E-state index contributed by atoms with van der Waals surface area (Å²) in [5, 5.41) is 0. The van der Waals surface area contributed by atoms with E-state index in [1.165, 1.54) is 12.1 Å². The molecule has 0 N–H and O–H groups in total. The average Bonchev–Trinajstić information content (AvgIpc) is 2.70. The second-order valence-electron chi connectivity index (χ2n) is 6.75. The highest BCUT2D eigenvalue weighted by Gasteiger charge is 2.27. The summed E-state index contributed by atoms with van der Waals surface area (Å²) in [6.45, 7) is 10.5. The first-order valence-corrected chi connectivity index (χ1v) is 9.20. The predicted molar refractivity (Wildman–Crippen MR) is 103 cm³/mol. The zero-order valence-corrected chi connectivity index (χ0v) is 15.7. The van der Waals surface area contributed by atoms with Crippen molar-refractivity contribution in [1.29, 1.82) is 0 Å². The van der Waals surface area contributed by atoms with E-state index in [9.17, 15) is 13.6 Å². The normalized spacial score (nSPS) is 25.3. The van der Waals surface area contributed by atoms with Gasteiger partial charge < -0.3 is 9.64 Å². The van der Waals surface area contributed by atoms with Crippen LogP contribution >= 0.6 is 0 Å². The van der Waals surface area contributed by atoms with Crippen molar-refractivity contribution >= 4 is 6.41 Å². The van der Waals surface area contributed by atoms with E-state index in [1.54, 1.807) is 29.2 Å². The van der Waals surface area contributed by atoms with Gasteiger partial charge in [0.2, 0.25) is 6.41 Å². The maximum Gasteiger partial charge on any atom is 0.210 e. The Morgan fingerprint density at radius 1 is 1.19 bits per heavy atom. The van der Waals surface area contributed by atoms with Crippen LogP contribution in [-0.4, -0.2) is 36.7 Å². The Hall–Kier alpha value is -2.27. The van der Waals surface area contributed by atoms with Crippen LogP contribution in [0.4, 0.5) is 8.78 Å². The lowest BCUT2D eigenvalue weighted by atomic mass is 9.88. The molecule has 1 aromatic carbocycles. The van der Waals surface area contributed by atoms with Crippen molar-refractivity contribution in [3.63, 3.8) is 0 Å². The second-order valence-corrected chi connectivity index (χ2v) is 6.75. The molecular formula is C22H27F2NO2. The number of halogens is 2. The minimum absolute atomic E-state index is 0.211. The first kappa shape index (κ1) is 21.0. The molecule has 0 spiro atoms. The summed E-state index contributed by atoms with van der Waals surface area (Å²) < 4.78 is 30.3. The molecule has 2 heterocycles. The minimum Gasteiger partial charge on any atom is -0.375 e. The molecule has 0 unspecified atom stereocenters. The van der Waals surface area contributed by atoms with Crippen LogP contribution in [0, 0.1) is 5.82 Å². The van der Waals surface area contributed by atoms with Crippen LogP contribution in [0.15, 0.2) is 60.7 Å². The Morgan fingerprint density at radius 3 is 2.37 bits per heavy atom. The number of alkyl halides is 1. The van der Waals surface area contributed by atoms with Gasteiger partial charge in [0.05, 0.1) is 18.8 Å². The van der Waals surface area contributed by atoms with Gasteiger partial charge in [0.15, 0.2) is 0 Å². The summed E-state index contributed by atoms with van der Waals surface area (Å²) >= 11 is 0. The zero-order valence-electron chi connectivity index (χ0n) is 15.7. The molecule has 2 aliphatic heterocycles. The Labute approximate surface area is 160 Å². The van der Waals surface area contributed by atoms with Crippen molar-refractivity contribution in [3.05, 3.63) is 72.1 Å². The van der Waals surface area contributed by atoms with E-state index in [0.29, 0.717) is 19.6 Å². The fourth-order valence-electron chi connectivity index (χ4n) is 3.32. The molecule has 27 heavy (non-hydrogen) atoms. The van der Waals surface area contributed by atoms with E-state index in [4.69, 9.17) is 4.74 Å². The van der Waals surface area contributed by atoms with Crippen LogP contribution in [0.1, 0.15) is 37.8 Å². The van der Waals surface area contributed by atoms with Gasteiger partial charge in [-0.15, -0.1) is 0 Å². The number of amides is 1. The lowest BCUT2D eigenvalue weighted by Gasteiger charge is -2.35. The van der Waals surface area contributed by atoms with Crippen LogP contribution in [0.25, 0.3) is 0 Å². The lowest BCUT2D eigenvalue weighted by molar-refractivity contribution is -0.119. The summed E-state index contributed by atoms with van der Waals surface area (Å²) in [6, 6.07) is 6.00. The van der Waals surface area contributed by atoms with E-state index < -0.39 is 6.17 Å². The molecule has 0 bridgehead atoms. The largest absolute Gasteiger partial charge is 0.375 e. The first-order chi connectivity index (χ1) is 13.0. The third-order valence-corrected chi connectivity index (χ3v) is 4.87. The first-order valence-electron chi connectivity index (χ1n) is 9.20. The molecule has 3 atom stereocenters. The number of carbonyl (C=O) groups is 1. The summed E-state index contributed by atoms with van der Waals surface area (Å²) in [6.07, 6.45) is 6.28. The molecular weight excluding hydrogens is 348 g/mol. The highest BCUT2D eigenvalue weighted by Crippen LogP contribution is 2.35. The van der Waals surface area contributed by atoms with Crippen molar-refractivity contribution in [3.8, 4) is 0 Å². The SMILES string of the molecule is C=CC1=C(C=C)[C@H](c2ccc(F)cc2)N(C=O)CC1.C[C@H]1CC[C@H](F)CO1. The molecule has 0 aromatic heterocycles. The van der Waals surface area contributed by atoms with Crippen molar-refractivity contribution in [1.82, 2.24) is 4.90 Å². The number of ether oxygens (including phenoxy) is 1. The van der Waals surface area contributed by atoms with Crippen LogP contribution in [0.5, 0.6) is 0 Å². The van der Waals surface area contributed by atoms with Gasteiger partial charge in [-0.1, -0.05) is 37.4 Å². The maximum absolute atomic E-state index is 13.0. The third kappa shape index (κ3) is 5.60. The monoisotopic (exact) mass is 375 g/mol. The van der Waals surface area contributed by atoms with E-state index >= 15 is 0 Å². The van der Waals surface area contributed by atoms with E-state index in [-0.39, 0.29) is 18.0 Å². The predicted octanol–water partition coefficient (Wildman–Crippen LogP) is 4.92. The van der Waals surface area contributed by atoms with Gasteiger partial charge in [-0.2, -0.15) is 0 Å². The number of allylic oxidation sites excluding steroid dienone is 1. The smallest absolute Gasteiger partial charge is 0.210 e. The number of nitrogens with zero attached hydrogens (tertiary/aromatic N) is 1. The number of hydrogen-bond acceptors (Lipinski definition) is 2. The Morgan fingerprint density at radius 2 is 1.89 bits per heavy atom. The standard InChI is InChI=1S/C16H16FNO.C6H11FO/c1-3-12-9-10-18(11-19)16(15(12)4-2)13-5-7-14(17)8-6-13;1-5-2-3-6(7)4-8-5/h3-8,11,16H,1-2,9-10H2;5-6H,2-4H2,1H3/t16-;5-,6-/m00/s1. The topological polar surface area (TPSA) is 29.5 Å². The highest BCUT2D eigenvalue weighted by molar-refractivity contribution is 5.55. The molecule has 1 saturated heterocycles. The van der Waals surface area contributed by atoms with Gasteiger partial charge >= 0.3 is 0 Å². The van der Waals surface area contributed by atoms with Gasteiger partial charge in [-0.25, -0.2) is 8.78 Å². The van der Waals surface area contributed by atoms with Gasteiger partial charge in [0.1, 0.15) is 12.0 Å². The highest BCUT2D eigenvalue weighted by atomic mass is 19.1. The number of hydrogen-bond donors (Lipinski definition) is 0. The zero-order chi connectivity index (χ0) is 19.8. The molecule has 0 aliphatic carbocycles. The quantitative estimate of drug-likeness (QED) is 0.699. The fraction of sp³-hybridized carbons (Fsp3) is 0.409. The summed E-state index contributed by atoms with van der Waals surface area (Å²) in [4.78, 5) is 12.9. The number of rotatable bonds is 4. The average molecular weight is 375 g/mol. The van der Waals surface area contributed by atoms with E-state index in [1.807, 2.05) is 6.92 Å². The van der Waals surface area contributed by atoms with Gasteiger partial charge in [0, 0.05) is 6.54 Å². The Balaban J connectivity index is 0.000000273. The van der Waals surface area contributed by atoms with Gasteiger partial charge in [-0.3, -0.25) is 4.79 Å². The molecule has 1 aromatic rings. The van der Waals surface area contributed by atoms with Crippen molar-refractivity contribution in [2.75, 3.05) is 13.2 Å². The summed E-state index contributed by atoms with van der Waals surface area (Å²) in [5.41, 5.74) is 2.92. The molecule has 3 rings (SSSR count). The van der Waals surface area contributed by atoms with Crippen molar-refractivity contribution in [2.24, 2.45) is 0 Å². The molecule has 146 valence electrons. The Bertz CT molecular complexity index is 666. The van der Waals surface area contributed by atoms with Crippen LogP contribution in [-0.2, 0) is 9.53 Å².